The highest BCUT2D eigenvalue weighted by Gasteiger charge is 2.44. The smallest absolute Gasteiger partial charge is 0.272 e. The first-order valence-corrected chi connectivity index (χ1v) is 14.1. The summed E-state index contributed by atoms with van der Waals surface area (Å²) in [7, 11) is 0. The number of hydrogen-bond acceptors (Lipinski definition) is 6. The van der Waals surface area contributed by atoms with Crippen LogP contribution < -0.4 is 10.6 Å². The van der Waals surface area contributed by atoms with Gasteiger partial charge < -0.3 is 30.4 Å². The van der Waals surface area contributed by atoms with Gasteiger partial charge in [0.2, 0.25) is 0 Å². The third-order valence-corrected chi connectivity index (χ3v) is 7.88. The Balaban J connectivity index is 1.45. The van der Waals surface area contributed by atoms with Crippen LogP contribution in [-0.4, -0.2) is 83.0 Å². The maximum absolute atomic E-state index is 14.2. The lowest BCUT2D eigenvalue weighted by Crippen LogP contribution is -2.48. The van der Waals surface area contributed by atoms with E-state index in [-0.39, 0.29) is 17.9 Å². The van der Waals surface area contributed by atoms with Crippen molar-refractivity contribution in [2.75, 3.05) is 39.3 Å². The largest absolute Gasteiger partial charge is 0.391 e. The number of rotatable bonds is 8. The fourth-order valence-corrected chi connectivity index (χ4v) is 5.86. The highest BCUT2D eigenvalue weighted by Crippen LogP contribution is 2.43. The molecule has 8 heteroatoms. The molecule has 1 unspecified atom stereocenters. The van der Waals surface area contributed by atoms with E-state index in [1.54, 1.807) is 12.1 Å². The zero-order chi connectivity index (χ0) is 27.2. The monoisotopic (exact) mass is 529 g/mol. The molecule has 3 aliphatic rings. The van der Waals surface area contributed by atoms with Crippen LogP contribution in [0.25, 0.3) is 5.70 Å². The molecule has 1 aliphatic carbocycles. The molecule has 8 nitrogen and oxygen atoms in total. The number of carbonyl (C=O) groups excluding carboxylic acids is 2. The second-order valence-electron chi connectivity index (χ2n) is 10.4. The van der Waals surface area contributed by atoms with Crippen LogP contribution in [0.1, 0.15) is 48.0 Å². The lowest BCUT2D eigenvalue weighted by Gasteiger charge is -2.39. The Hall–Kier alpha value is -3.62. The van der Waals surface area contributed by atoms with E-state index in [1.165, 1.54) is 0 Å². The van der Waals surface area contributed by atoms with Crippen LogP contribution in [-0.2, 0) is 4.79 Å². The summed E-state index contributed by atoms with van der Waals surface area (Å²) in [4.78, 5) is 32.8. The van der Waals surface area contributed by atoms with E-state index in [0.29, 0.717) is 49.7 Å². The van der Waals surface area contributed by atoms with Crippen molar-refractivity contribution in [1.82, 2.24) is 25.3 Å². The summed E-state index contributed by atoms with van der Waals surface area (Å²) in [6.45, 7) is 8.27. The van der Waals surface area contributed by atoms with Crippen molar-refractivity contribution in [1.29, 1.82) is 0 Å². The molecule has 206 valence electrons. The first kappa shape index (κ1) is 27.0. The Kier molecular flexibility index (Phi) is 8.64. The van der Waals surface area contributed by atoms with E-state index in [9.17, 15) is 14.7 Å². The number of nitrogens with zero attached hydrogens (tertiary/aromatic N) is 3. The van der Waals surface area contributed by atoms with Gasteiger partial charge in [-0.05, 0) is 31.4 Å². The molecular formula is C31H39N5O3. The van der Waals surface area contributed by atoms with Crippen LogP contribution in [0.5, 0.6) is 0 Å². The summed E-state index contributed by atoms with van der Waals surface area (Å²) in [6.07, 6.45) is 3.75. The Bertz CT molecular complexity index is 1190. The van der Waals surface area contributed by atoms with Crippen LogP contribution in [0.4, 0.5) is 0 Å². The van der Waals surface area contributed by atoms with Crippen molar-refractivity contribution in [2.45, 2.75) is 44.2 Å². The molecule has 2 atom stereocenters. The quantitative estimate of drug-likeness (QED) is 0.456. The fraction of sp³-hybridized carbons (Fsp3) is 0.419. The van der Waals surface area contributed by atoms with E-state index in [0.717, 1.165) is 50.0 Å². The Labute approximate surface area is 231 Å². The third-order valence-electron chi connectivity index (χ3n) is 7.88. The van der Waals surface area contributed by atoms with Crippen LogP contribution in [0.15, 0.2) is 78.8 Å². The van der Waals surface area contributed by atoms with Crippen molar-refractivity contribution in [3.05, 3.63) is 89.9 Å². The predicted octanol–water partition coefficient (Wildman–Crippen LogP) is 3.00. The summed E-state index contributed by atoms with van der Waals surface area (Å²) in [5.74, 6) is 0.589. The summed E-state index contributed by atoms with van der Waals surface area (Å²) in [5.41, 5.74) is 3.00. The van der Waals surface area contributed by atoms with Gasteiger partial charge in [-0.1, -0.05) is 68.0 Å². The zero-order valence-electron chi connectivity index (χ0n) is 22.5. The minimum atomic E-state index is -0.491. The van der Waals surface area contributed by atoms with E-state index >= 15 is 0 Å². The van der Waals surface area contributed by atoms with Crippen molar-refractivity contribution in [2.24, 2.45) is 0 Å². The topological polar surface area (TPSA) is 88.2 Å². The van der Waals surface area contributed by atoms with E-state index < -0.39 is 6.10 Å². The first-order chi connectivity index (χ1) is 19.1. The average molecular weight is 530 g/mol. The van der Waals surface area contributed by atoms with Gasteiger partial charge in [0.1, 0.15) is 11.5 Å². The van der Waals surface area contributed by atoms with Gasteiger partial charge in [-0.15, -0.1) is 0 Å². The molecular weight excluding hydrogens is 490 g/mol. The highest BCUT2D eigenvalue weighted by atomic mass is 16.3. The number of piperazine rings is 1. The number of carbonyl (C=O) groups is 2. The van der Waals surface area contributed by atoms with Crippen LogP contribution >= 0.6 is 0 Å². The SMILES string of the molecule is C=C1N(CCCNC(=O)c2ccccc2)C(C(=O)N2CCNCC2)=C(c2ccccc2)N1C1CCCC[C@@H]1O. The standard InChI is InChI=1S/C31H39N5O3/c1-23-35(20-10-17-33-30(38)25-13-6-3-7-14-25)29(31(39)34-21-18-32-19-22-34)28(24-11-4-2-5-12-24)36(23)26-15-8-9-16-27(26)37/h2-7,11-14,26-27,32,37H,1,8-10,15-22H2,(H,33,38)/t26?,27-/m0/s1. The maximum atomic E-state index is 14.2. The van der Waals surface area contributed by atoms with Gasteiger partial charge in [0.15, 0.2) is 0 Å². The third kappa shape index (κ3) is 5.87. The fourth-order valence-electron chi connectivity index (χ4n) is 5.86. The van der Waals surface area contributed by atoms with E-state index in [1.807, 2.05) is 58.3 Å². The summed E-state index contributed by atoms with van der Waals surface area (Å²) in [6, 6.07) is 19.0. The lowest BCUT2D eigenvalue weighted by atomic mass is 9.90. The maximum Gasteiger partial charge on any atom is 0.272 e. The lowest BCUT2D eigenvalue weighted by molar-refractivity contribution is -0.129. The van der Waals surface area contributed by atoms with Crippen molar-refractivity contribution < 1.29 is 14.7 Å². The highest BCUT2D eigenvalue weighted by molar-refractivity contribution is 6.02. The molecule has 39 heavy (non-hydrogen) atoms. The molecule has 1 saturated carbocycles. The number of aliphatic hydroxyl groups excluding tert-OH is 1. The van der Waals surface area contributed by atoms with Crippen molar-refractivity contribution >= 4 is 17.5 Å². The summed E-state index contributed by atoms with van der Waals surface area (Å²) >= 11 is 0. The zero-order valence-corrected chi connectivity index (χ0v) is 22.5. The second-order valence-corrected chi connectivity index (χ2v) is 10.4. The summed E-state index contributed by atoms with van der Waals surface area (Å²) < 4.78 is 0. The Morgan fingerprint density at radius 1 is 0.974 bits per heavy atom. The normalized spacial score (nSPS) is 21.9. The minimum absolute atomic E-state index is 0.0161. The van der Waals surface area contributed by atoms with Gasteiger partial charge in [0, 0.05) is 50.4 Å². The van der Waals surface area contributed by atoms with Crippen molar-refractivity contribution in [3.63, 3.8) is 0 Å². The Morgan fingerprint density at radius 2 is 1.64 bits per heavy atom. The van der Waals surface area contributed by atoms with Gasteiger partial charge >= 0.3 is 0 Å². The number of hydrogen-bond donors (Lipinski definition) is 3. The molecule has 0 spiro atoms. The number of amides is 2. The van der Waals surface area contributed by atoms with Crippen molar-refractivity contribution in [3.8, 4) is 0 Å². The van der Waals surface area contributed by atoms with Crippen LogP contribution in [0, 0.1) is 0 Å². The molecule has 3 N–H and O–H groups in total. The van der Waals surface area contributed by atoms with Gasteiger partial charge in [0.05, 0.1) is 17.8 Å². The van der Waals surface area contributed by atoms with Gasteiger partial charge in [-0.3, -0.25) is 9.59 Å². The molecule has 2 aromatic carbocycles. The number of benzene rings is 2. The van der Waals surface area contributed by atoms with Gasteiger partial charge in [0.25, 0.3) is 11.8 Å². The minimum Gasteiger partial charge on any atom is -0.391 e. The van der Waals surface area contributed by atoms with E-state index in [2.05, 4.69) is 22.1 Å². The molecule has 2 fully saturated rings. The molecule has 0 bridgehead atoms. The number of nitrogens with one attached hydrogen (secondary N) is 2. The molecule has 0 radical (unpaired) electrons. The molecule has 2 heterocycles. The molecule has 2 aromatic rings. The molecule has 2 amide bonds. The molecule has 0 aromatic heterocycles. The predicted molar refractivity (Wildman–Crippen MR) is 152 cm³/mol. The van der Waals surface area contributed by atoms with Gasteiger partial charge in [-0.25, -0.2) is 0 Å². The van der Waals surface area contributed by atoms with Crippen LogP contribution in [0.3, 0.4) is 0 Å². The Morgan fingerprint density at radius 3 is 2.33 bits per heavy atom. The number of aliphatic hydroxyl groups is 1. The van der Waals surface area contributed by atoms with E-state index in [4.69, 9.17) is 0 Å². The second kappa shape index (κ2) is 12.5. The summed E-state index contributed by atoms with van der Waals surface area (Å²) in [5, 5.41) is 17.4. The first-order valence-electron chi connectivity index (χ1n) is 14.1. The van der Waals surface area contributed by atoms with Gasteiger partial charge in [-0.2, -0.15) is 0 Å². The molecule has 5 rings (SSSR count). The average Bonchev–Trinajstić information content (AvgIpc) is 3.27. The molecule has 2 aliphatic heterocycles. The molecule has 1 saturated heterocycles. The van der Waals surface area contributed by atoms with Crippen LogP contribution in [0.2, 0.25) is 0 Å².